The second-order valence-electron chi connectivity index (χ2n) is 13.3. The molecule has 8 rings (SSSR count). The third-order valence-electron chi connectivity index (χ3n) is 10.1. The van der Waals surface area contributed by atoms with Crippen LogP contribution in [0.15, 0.2) is 24.3 Å². The van der Waals surface area contributed by atoms with E-state index in [4.69, 9.17) is 20.9 Å². The number of pyridine rings is 1. The van der Waals surface area contributed by atoms with Crippen LogP contribution < -0.4 is 14.4 Å². The number of phenolic OH excluding ortho intramolecular Hbond substituents is 1. The van der Waals surface area contributed by atoms with Crippen LogP contribution in [-0.2, 0) is 0 Å². The van der Waals surface area contributed by atoms with Crippen molar-refractivity contribution in [3.05, 3.63) is 41.5 Å². The molecular formula is C34H32F3N5O4. The van der Waals surface area contributed by atoms with Gasteiger partial charge < -0.3 is 24.6 Å². The molecule has 9 nitrogen and oxygen atoms in total. The van der Waals surface area contributed by atoms with Gasteiger partial charge in [-0.05, 0) is 62.7 Å². The third kappa shape index (κ3) is 4.51. The zero-order valence-electron chi connectivity index (χ0n) is 25.2. The van der Waals surface area contributed by atoms with Crippen molar-refractivity contribution in [2.75, 3.05) is 37.7 Å². The van der Waals surface area contributed by atoms with Crippen LogP contribution in [0.4, 0.5) is 19.0 Å². The highest BCUT2D eigenvalue weighted by Gasteiger charge is 2.49. The summed E-state index contributed by atoms with van der Waals surface area (Å²) in [4.78, 5) is 18.0. The third-order valence-corrected chi connectivity index (χ3v) is 10.1. The number of fused-ring (bicyclic) bond motifs is 4. The minimum atomic E-state index is -0.950. The largest absolute Gasteiger partial charge is 0.508 e. The molecule has 6 heterocycles. The molecule has 4 aliphatic rings. The number of nitrogens with zero attached hydrogens (tertiary/aromatic N) is 5. The SMILES string of the molecule is C#Cc1c(F)ccc2cc(O)cc(-c3nc4c5c(nc(OC[C@@]67CCCN6C[C@H](F)C7)nc5c3F)N3CC[C@@](C)(O)C[C@H]3CO4)c12. The van der Waals surface area contributed by atoms with E-state index in [1.54, 1.807) is 6.92 Å². The van der Waals surface area contributed by atoms with Crippen LogP contribution in [0.25, 0.3) is 32.9 Å². The molecule has 4 aliphatic heterocycles. The topological polar surface area (TPSA) is 104 Å². The fraction of sp³-hybridized carbons (Fsp3) is 0.441. The Morgan fingerprint density at radius 1 is 1.13 bits per heavy atom. The molecule has 0 bridgehead atoms. The van der Waals surface area contributed by atoms with Gasteiger partial charge >= 0.3 is 6.01 Å². The normalized spacial score (nSPS) is 27.3. The van der Waals surface area contributed by atoms with Gasteiger partial charge in [0, 0.05) is 30.5 Å². The molecule has 0 radical (unpaired) electrons. The number of phenols is 1. The van der Waals surface area contributed by atoms with Gasteiger partial charge in [-0.15, -0.1) is 6.42 Å². The maximum Gasteiger partial charge on any atom is 0.319 e. The lowest BCUT2D eigenvalue weighted by Crippen LogP contribution is -2.51. The van der Waals surface area contributed by atoms with E-state index in [9.17, 15) is 19.0 Å². The molecule has 3 fully saturated rings. The molecular weight excluding hydrogens is 599 g/mol. The van der Waals surface area contributed by atoms with Crippen LogP contribution in [-0.4, -0.2) is 86.3 Å². The second-order valence-corrected chi connectivity index (χ2v) is 13.3. The average molecular weight is 632 g/mol. The summed E-state index contributed by atoms with van der Waals surface area (Å²) >= 11 is 0. The highest BCUT2D eigenvalue weighted by atomic mass is 19.1. The van der Waals surface area contributed by atoms with Gasteiger partial charge in [-0.25, -0.2) is 18.2 Å². The summed E-state index contributed by atoms with van der Waals surface area (Å²) in [5.41, 5.74) is -1.84. The molecule has 2 aromatic carbocycles. The maximum absolute atomic E-state index is 16.9. The average Bonchev–Trinajstić information content (AvgIpc) is 3.49. The molecule has 3 saturated heterocycles. The van der Waals surface area contributed by atoms with Crippen LogP contribution in [0.5, 0.6) is 17.6 Å². The fourth-order valence-corrected chi connectivity index (χ4v) is 7.93. The van der Waals surface area contributed by atoms with Gasteiger partial charge in [0.1, 0.15) is 53.4 Å². The Bertz CT molecular complexity index is 1970. The van der Waals surface area contributed by atoms with E-state index in [2.05, 4.69) is 20.8 Å². The predicted molar refractivity (Wildman–Crippen MR) is 165 cm³/mol. The first-order valence-electron chi connectivity index (χ1n) is 15.5. The van der Waals surface area contributed by atoms with Gasteiger partial charge in [-0.3, -0.25) is 4.90 Å². The zero-order chi connectivity index (χ0) is 32.0. The molecule has 46 heavy (non-hydrogen) atoms. The number of rotatable bonds is 4. The number of hydrogen-bond donors (Lipinski definition) is 2. The first kappa shape index (κ1) is 29.1. The Morgan fingerprint density at radius 3 is 2.80 bits per heavy atom. The van der Waals surface area contributed by atoms with Crippen molar-refractivity contribution in [3.8, 4) is 41.2 Å². The monoisotopic (exact) mass is 631 g/mol. The number of halogens is 3. The van der Waals surface area contributed by atoms with Gasteiger partial charge in [-0.1, -0.05) is 12.0 Å². The quantitative estimate of drug-likeness (QED) is 0.305. The summed E-state index contributed by atoms with van der Waals surface area (Å²) in [5, 5.41) is 22.3. The van der Waals surface area contributed by atoms with Gasteiger partial charge in [-0.2, -0.15) is 9.97 Å². The fourth-order valence-electron chi connectivity index (χ4n) is 7.93. The maximum atomic E-state index is 16.9. The van der Waals surface area contributed by atoms with Crippen molar-refractivity contribution in [2.24, 2.45) is 0 Å². The number of aromatic hydroxyl groups is 1. The number of terminal acetylenes is 1. The molecule has 0 saturated carbocycles. The zero-order valence-corrected chi connectivity index (χ0v) is 25.2. The van der Waals surface area contributed by atoms with Gasteiger partial charge in [0.25, 0.3) is 0 Å². The van der Waals surface area contributed by atoms with E-state index >= 15 is 4.39 Å². The smallest absolute Gasteiger partial charge is 0.319 e. The highest BCUT2D eigenvalue weighted by molar-refractivity contribution is 6.04. The van der Waals surface area contributed by atoms with Gasteiger partial charge in [0.2, 0.25) is 5.88 Å². The van der Waals surface area contributed by atoms with Crippen LogP contribution in [0.2, 0.25) is 0 Å². The molecule has 0 unspecified atom stereocenters. The van der Waals surface area contributed by atoms with Crippen molar-refractivity contribution >= 4 is 27.5 Å². The van der Waals surface area contributed by atoms with Gasteiger partial charge in [0.15, 0.2) is 5.82 Å². The van der Waals surface area contributed by atoms with Crippen LogP contribution in [0.3, 0.4) is 0 Å². The Kier molecular flexibility index (Phi) is 6.54. The van der Waals surface area contributed by atoms with E-state index in [-0.39, 0.29) is 70.0 Å². The number of anilines is 1. The van der Waals surface area contributed by atoms with E-state index in [1.165, 1.54) is 24.3 Å². The molecule has 0 aliphatic carbocycles. The van der Waals surface area contributed by atoms with Crippen LogP contribution in [0, 0.1) is 24.0 Å². The molecule has 0 amide bonds. The number of alkyl halides is 1. The first-order chi connectivity index (χ1) is 22.1. The Morgan fingerprint density at radius 2 is 1.98 bits per heavy atom. The van der Waals surface area contributed by atoms with E-state index < -0.39 is 28.9 Å². The van der Waals surface area contributed by atoms with Crippen molar-refractivity contribution < 1.29 is 32.9 Å². The van der Waals surface area contributed by atoms with Crippen molar-refractivity contribution in [2.45, 2.75) is 62.4 Å². The molecule has 2 aromatic heterocycles. The standard InChI is InChI=1S/C34H32F3N5O4/c1-3-22-24(36)6-5-18-11-21(43)12-23(25(18)22)28-27(37)29-26-30(42-10-8-33(2,44)14-20(42)16-45-31(26)38-28)40-32(39-29)46-17-34-7-4-9-41(34)15-19(35)13-34/h1,5-6,11-12,19-20,43-44H,4,7-10,13-17H2,2H3/t19-,20+,33-,34+/m1/s1. The van der Waals surface area contributed by atoms with Crippen LogP contribution in [0.1, 0.15) is 44.6 Å². The second kappa shape index (κ2) is 10.3. The summed E-state index contributed by atoms with van der Waals surface area (Å²) in [7, 11) is 0. The lowest BCUT2D eigenvalue weighted by Gasteiger charge is -2.42. The van der Waals surface area contributed by atoms with E-state index in [0.29, 0.717) is 43.6 Å². The lowest BCUT2D eigenvalue weighted by molar-refractivity contribution is 0.0158. The summed E-state index contributed by atoms with van der Waals surface area (Å²) in [5.74, 6) is 1.03. The first-order valence-corrected chi connectivity index (χ1v) is 15.5. The number of hydrogen-bond acceptors (Lipinski definition) is 9. The summed E-state index contributed by atoms with van der Waals surface area (Å²) in [6.45, 7) is 3.58. The minimum Gasteiger partial charge on any atom is -0.508 e. The Balaban J connectivity index is 1.33. The van der Waals surface area contributed by atoms with Crippen molar-refractivity contribution in [1.29, 1.82) is 0 Å². The molecule has 12 heteroatoms. The molecule has 238 valence electrons. The summed E-state index contributed by atoms with van der Waals surface area (Å²) < 4.78 is 58.7. The van der Waals surface area contributed by atoms with E-state index in [1.807, 2.05) is 4.90 Å². The predicted octanol–water partition coefficient (Wildman–Crippen LogP) is 4.88. The van der Waals surface area contributed by atoms with Crippen molar-refractivity contribution in [3.63, 3.8) is 0 Å². The number of aliphatic hydroxyl groups is 1. The molecule has 4 aromatic rings. The number of piperidine rings is 1. The van der Waals surface area contributed by atoms with Gasteiger partial charge in [0.05, 0.1) is 22.7 Å². The Labute approximate surface area is 263 Å². The highest BCUT2D eigenvalue weighted by Crippen LogP contribution is 2.45. The van der Waals surface area contributed by atoms with Crippen molar-refractivity contribution in [1.82, 2.24) is 19.9 Å². The summed E-state index contributed by atoms with van der Waals surface area (Å²) in [6, 6.07) is 4.94. The Hall–Kier alpha value is -4.34. The number of ether oxygens (including phenoxy) is 2. The van der Waals surface area contributed by atoms with E-state index in [0.717, 1.165) is 19.4 Å². The molecule has 0 spiro atoms. The molecule has 4 atom stereocenters. The number of benzene rings is 2. The molecule has 2 N–H and O–H groups in total. The number of aromatic nitrogens is 3. The van der Waals surface area contributed by atoms with Crippen LogP contribution >= 0.6 is 0 Å². The minimum absolute atomic E-state index is 0.0498. The lowest BCUT2D eigenvalue weighted by atomic mass is 9.88. The summed E-state index contributed by atoms with van der Waals surface area (Å²) in [6.07, 6.45) is 7.60.